The minimum Gasteiger partial charge on any atom is -0.449 e. The number of rotatable bonds is 7. The van der Waals surface area contributed by atoms with Gasteiger partial charge >= 0.3 is 5.97 Å². The topological polar surface area (TPSA) is 86.1 Å². The summed E-state index contributed by atoms with van der Waals surface area (Å²) in [7, 11) is 0. The van der Waals surface area contributed by atoms with Crippen LogP contribution in [0.5, 0.6) is 0 Å². The number of carbonyl (C=O) groups excluding carboxylic acids is 2. The molecule has 1 amide bonds. The van der Waals surface area contributed by atoms with Crippen LogP contribution in [0.15, 0.2) is 48.5 Å². The molecule has 7 heteroatoms. The SMILES string of the molecule is CC(C)CNC(=O)[C@H](C)OC(=O)c1ccc(Cn2nnc3ccccc32)cc1. The largest absolute Gasteiger partial charge is 0.449 e. The molecule has 1 aromatic heterocycles. The van der Waals surface area contributed by atoms with Gasteiger partial charge in [0.1, 0.15) is 5.52 Å². The minimum atomic E-state index is -0.840. The molecule has 3 rings (SSSR count). The Labute approximate surface area is 163 Å². The molecular weight excluding hydrogens is 356 g/mol. The van der Waals surface area contributed by atoms with E-state index in [9.17, 15) is 9.59 Å². The fourth-order valence-electron chi connectivity index (χ4n) is 2.68. The van der Waals surface area contributed by atoms with Gasteiger partial charge in [0, 0.05) is 6.54 Å². The van der Waals surface area contributed by atoms with Crippen LogP contribution in [0.1, 0.15) is 36.7 Å². The third-order valence-corrected chi connectivity index (χ3v) is 4.28. The number of hydrogen-bond donors (Lipinski definition) is 1. The number of amides is 1. The van der Waals surface area contributed by atoms with Crippen molar-refractivity contribution >= 4 is 22.9 Å². The van der Waals surface area contributed by atoms with Gasteiger partial charge < -0.3 is 10.1 Å². The van der Waals surface area contributed by atoms with Crippen molar-refractivity contribution in [3.8, 4) is 0 Å². The van der Waals surface area contributed by atoms with Crippen molar-refractivity contribution in [1.82, 2.24) is 20.3 Å². The van der Waals surface area contributed by atoms with Crippen molar-refractivity contribution in [2.75, 3.05) is 6.54 Å². The van der Waals surface area contributed by atoms with Crippen LogP contribution in [0.2, 0.25) is 0 Å². The van der Waals surface area contributed by atoms with E-state index >= 15 is 0 Å². The average molecular weight is 380 g/mol. The number of para-hydroxylation sites is 1. The van der Waals surface area contributed by atoms with Gasteiger partial charge in [-0.2, -0.15) is 0 Å². The number of carbonyl (C=O) groups is 2. The zero-order valence-corrected chi connectivity index (χ0v) is 16.3. The molecule has 0 aliphatic rings. The molecule has 0 radical (unpaired) electrons. The fourth-order valence-corrected chi connectivity index (χ4v) is 2.68. The van der Waals surface area contributed by atoms with Crippen LogP contribution in [0.25, 0.3) is 11.0 Å². The van der Waals surface area contributed by atoms with E-state index in [1.807, 2.05) is 54.9 Å². The van der Waals surface area contributed by atoms with E-state index in [0.29, 0.717) is 24.6 Å². The maximum absolute atomic E-state index is 12.3. The fraction of sp³-hybridized carbons (Fsp3) is 0.333. The summed E-state index contributed by atoms with van der Waals surface area (Å²) < 4.78 is 7.06. The van der Waals surface area contributed by atoms with Crippen molar-refractivity contribution < 1.29 is 14.3 Å². The molecule has 0 unspecified atom stereocenters. The molecule has 1 atom stereocenters. The summed E-state index contributed by atoms with van der Waals surface area (Å²) in [5.41, 5.74) is 3.17. The Kier molecular flexibility index (Phi) is 6.03. The minimum absolute atomic E-state index is 0.295. The standard InChI is InChI=1S/C21H24N4O3/c1-14(2)12-22-20(26)15(3)28-21(27)17-10-8-16(9-11-17)13-25-19-7-5-4-6-18(19)23-24-25/h4-11,14-15H,12-13H2,1-3H3,(H,22,26)/t15-/m0/s1. The second kappa shape index (κ2) is 8.65. The van der Waals surface area contributed by atoms with Crippen molar-refractivity contribution in [1.29, 1.82) is 0 Å². The quantitative estimate of drug-likeness (QED) is 0.637. The molecule has 1 heterocycles. The van der Waals surface area contributed by atoms with E-state index in [2.05, 4.69) is 15.6 Å². The molecule has 1 N–H and O–H groups in total. The highest BCUT2D eigenvalue weighted by Crippen LogP contribution is 2.13. The number of nitrogens with one attached hydrogen (secondary N) is 1. The van der Waals surface area contributed by atoms with E-state index < -0.39 is 12.1 Å². The first kappa shape index (κ1) is 19.5. The molecule has 3 aromatic rings. The predicted octanol–water partition coefficient (Wildman–Crippen LogP) is 2.80. The van der Waals surface area contributed by atoms with Gasteiger partial charge in [0.05, 0.1) is 17.6 Å². The summed E-state index contributed by atoms with van der Waals surface area (Å²) in [5, 5.41) is 11.1. The van der Waals surface area contributed by atoms with Gasteiger partial charge in [0.15, 0.2) is 6.10 Å². The van der Waals surface area contributed by atoms with Crippen LogP contribution >= 0.6 is 0 Å². The monoisotopic (exact) mass is 380 g/mol. The van der Waals surface area contributed by atoms with Gasteiger partial charge in [-0.1, -0.05) is 43.3 Å². The van der Waals surface area contributed by atoms with E-state index in [0.717, 1.165) is 16.6 Å². The molecule has 0 saturated heterocycles. The van der Waals surface area contributed by atoms with Gasteiger partial charge in [-0.15, -0.1) is 5.10 Å². The average Bonchev–Trinajstić information content (AvgIpc) is 3.09. The van der Waals surface area contributed by atoms with Crippen molar-refractivity contribution in [3.05, 3.63) is 59.7 Å². The lowest BCUT2D eigenvalue weighted by molar-refractivity contribution is -0.129. The first-order valence-corrected chi connectivity index (χ1v) is 9.30. The second-order valence-electron chi connectivity index (χ2n) is 7.12. The maximum atomic E-state index is 12.3. The van der Waals surface area contributed by atoms with Crippen LogP contribution in [-0.2, 0) is 16.1 Å². The lowest BCUT2D eigenvalue weighted by Gasteiger charge is -2.14. The zero-order chi connectivity index (χ0) is 20.1. The third kappa shape index (κ3) is 4.73. The van der Waals surface area contributed by atoms with E-state index in [1.54, 1.807) is 19.1 Å². The predicted molar refractivity (Wildman–Crippen MR) is 106 cm³/mol. The van der Waals surface area contributed by atoms with Gasteiger partial charge in [0.25, 0.3) is 5.91 Å². The van der Waals surface area contributed by atoms with Crippen LogP contribution in [-0.4, -0.2) is 39.5 Å². The van der Waals surface area contributed by atoms with E-state index in [1.165, 1.54) is 0 Å². The zero-order valence-electron chi connectivity index (χ0n) is 16.3. The van der Waals surface area contributed by atoms with Crippen molar-refractivity contribution in [3.63, 3.8) is 0 Å². The molecule has 2 aromatic carbocycles. The Hall–Kier alpha value is -3.22. The van der Waals surface area contributed by atoms with Gasteiger partial charge in [-0.3, -0.25) is 4.79 Å². The first-order valence-electron chi connectivity index (χ1n) is 9.30. The number of aromatic nitrogens is 3. The molecule has 28 heavy (non-hydrogen) atoms. The third-order valence-electron chi connectivity index (χ3n) is 4.28. The summed E-state index contributed by atoms with van der Waals surface area (Å²) in [6.45, 7) is 6.66. The maximum Gasteiger partial charge on any atom is 0.338 e. The Bertz CT molecular complexity index is 963. The molecule has 0 saturated carbocycles. The van der Waals surface area contributed by atoms with E-state index in [-0.39, 0.29) is 5.91 Å². The Morgan fingerprint density at radius 2 is 1.79 bits per heavy atom. The van der Waals surface area contributed by atoms with Crippen LogP contribution in [0.4, 0.5) is 0 Å². The Morgan fingerprint density at radius 3 is 2.50 bits per heavy atom. The van der Waals surface area contributed by atoms with Crippen molar-refractivity contribution in [2.45, 2.75) is 33.4 Å². The summed E-state index contributed by atoms with van der Waals surface area (Å²) in [6.07, 6.45) is -0.840. The summed E-state index contributed by atoms with van der Waals surface area (Å²) >= 11 is 0. The van der Waals surface area contributed by atoms with Gasteiger partial charge in [-0.25, -0.2) is 9.48 Å². The molecule has 0 aliphatic heterocycles. The smallest absolute Gasteiger partial charge is 0.338 e. The highest BCUT2D eigenvalue weighted by atomic mass is 16.5. The normalized spacial score (nSPS) is 12.1. The number of fused-ring (bicyclic) bond motifs is 1. The van der Waals surface area contributed by atoms with Crippen LogP contribution < -0.4 is 5.32 Å². The van der Waals surface area contributed by atoms with Crippen LogP contribution in [0, 0.1) is 5.92 Å². The number of benzene rings is 2. The molecule has 146 valence electrons. The highest BCUT2D eigenvalue weighted by molar-refractivity contribution is 5.92. The van der Waals surface area contributed by atoms with Crippen molar-refractivity contribution in [2.24, 2.45) is 5.92 Å². The molecular formula is C21H24N4O3. The Morgan fingerprint density at radius 1 is 1.07 bits per heavy atom. The van der Waals surface area contributed by atoms with Gasteiger partial charge in [0.2, 0.25) is 0 Å². The summed E-state index contributed by atoms with van der Waals surface area (Å²) in [5.74, 6) is -0.483. The second-order valence-corrected chi connectivity index (χ2v) is 7.12. The molecule has 0 bridgehead atoms. The van der Waals surface area contributed by atoms with Gasteiger partial charge in [-0.05, 0) is 42.7 Å². The first-order chi connectivity index (χ1) is 13.4. The number of esters is 1. The number of ether oxygens (including phenoxy) is 1. The lowest BCUT2D eigenvalue weighted by atomic mass is 10.1. The molecule has 0 fully saturated rings. The van der Waals surface area contributed by atoms with E-state index in [4.69, 9.17) is 4.74 Å². The summed E-state index contributed by atoms with van der Waals surface area (Å²) in [6, 6.07) is 14.8. The molecule has 7 nitrogen and oxygen atoms in total. The van der Waals surface area contributed by atoms with Crippen LogP contribution in [0.3, 0.4) is 0 Å². The summed E-state index contributed by atoms with van der Waals surface area (Å²) in [4.78, 5) is 24.2. The molecule has 0 aliphatic carbocycles. The highest BCUT2D eigenvalue weighted by Gasteiger charge is 2.18. The molecule has 0 spiro atoms. The number of nitrogens with zero attached hydrogens (tertiary/aromatic N) is 3. The lowest BCUT2D eigenvalue weighted by Crippen LogP contribution is -2.37. The Balaban J connectivity index is 1.60. The number of hydrogen-bond acceptors (Lipinski definition) is 5.